The van der Waals surface area contributed by atoms with Crippen LogP contribution in [0.25, 0.3) is 0 Å². The fourth-order valence-electron chi connectivity index (χ4n) is 6.44. The zero-order valence-electron chi connectivity index (χ0n) is 35.6. The summed E-state index contributed by atoms with van der Waals surface area (Å²) in [6, 6.07) is 54.7. The Morgan fingerprint density at radius 3 is 0.688 bits per heavy atom. The van der Waals surface area contributed by atoms with Crippen molar-refractivity contribution in [1.29, 1.82) is 0 Å². The van der Waals surface area contributed by atoms with Gasteiger partial charge in [-0.1, -0.05) is 95.1 Å². The lowest BCUT2D eigenvalue weighted by atomic mass is 10.0. The van der Waals surface area contributed by atoms with Crippen LogP contribution in [0.1, 0.15) is 54.1 Å². The molecule has 10 heteroatoms. The predicted octanol–water partition coefficient (Wildman–Crippen LogP) is 12.3. The van der Waals surface area contributed by atoms with Crippen molar-refractivity contribution in [3.63, 3.8) is 0 Å². The van der Waals surface area contributed by atoms with Crippen LogP contribution in [-0.2, 0) is 19.7 Å². The van der Waals surface area contributed by atoms with Gasteiger partial charge in [-0.05, 0) is 149 Å². The first kappa shape index (κ1) is 44.6. The maximum absolute atomic E-state index is 12.8. The van der Waals surface area contributed by atoms with Gasteiger partial charge in [0.2, 0.25) is 19.7 Å². The molecule has 0 heterocycles. The highest BCUT2D eigenvalue weighted by Crippen LogP contribution is 2.29. The molecular weight excluding hydrogens is 841 g/mol. The molecule has 64 heavy (non-hydrogen) atoms. The second-order valence-electron chi connectivity index (χ2n) is 15.2. The summed E-state index contributed by atoms with van der Waals surface area (Å²) in [5.74, 6) is 2.08. The zero-order chi connectivity index (χ0) is 45.4. The first-order valence-corrected chi connectivity index (χ1v) is 23.2. The standard InChI is InChI=1S/C28H22O3.C26H22O5S2/c1-19-3-7-21(8-4-19)27(29)23-11-15-25(16-12-23)31-26-17-13-24(14-18-26)28(30)22-9-5-20(2)6-10-22;1-19-3-11-23(12-4-19)32(27,28)25-15-7-21(8-16-25)31-22-9-17-26(18-10-22)33(29,30)24-13-5-20(2)6-14-24/h3-18H,1-2H3;3-18H,1-2H3. The van der Waals surface area contributed by atoms with Crippen LogP contribution in [0, 0.1) is 27.7 Å². The third kappa shape index (κ3) is 10.8. The van der Waals surface area contributed by atoms with Gasteiger partial charge in [0, 0.05) is 22.3 Å². The van der Waals surface area contributed by atoms with E-state index in [4.69, 9.17) is 9.47 Å². The van der Waals surface area contributed by atoms with Crippen molar-refractivity contribution in [2.45, 2.75) is 47.3 Å². The lowest BCUT2D eigenvalue weighted by Crippen LogP contribution is -2.02. The molecular formula is C54H44O8S2. The monoisotopic (exact) mass is 884 g/mol. The van der Waals surface area contributed by atoms with E-state index in [2.05, 4.69) is 0 Å². The van der Waals surface area contributed by atoms with Gasteiger partial charge in [0.05, 0.1) is 19.6 Å². The summed E-state index contributed by atoms with van der Waals surface area (Å²) in [4.78, 5) is 26.0. The molecule has 0 aliphatic carbocycles. The van der Waals surface area contributed by atoms with Crippen molar-refractivity contribution in [1.82, 2.24) is 0 Å². The van der Waals surface area contributed by atoms with Crippen LogP contribution in [0.5, 0.6) is 23.0 Å². The summed E-state index contributed by atoms with van der Waals surface area (Å²) in [7, 11) is -7.24. The summed E-state index contributed by atoms with van der Waals surface area (Å²) < 4.78 is 62.8. The second-order valence-corrected chi connectivity index (χ2v) is 19.1. The van der Waals surface area contributed by atoms with Crippen LogP contribution in [0.15, 0.2) is 214 Å². The van der Waals surface area contributed by atoms with Crippen molar-refractivity contribution in [3.05, 3.63) is 239 Å². The average Bonchev–Trinajstić information content (AvgIpc) is 3.30. The van der Waals surface area contributed by atoms with Crippen molar-refractivity contribution in [3.8, 4) is 23.0 Å². The van der Waals surface area contributed by atoms with Gasteiger partial charge in [-0.15, -0.1) is 0 Å². The molecule has 0 saturated carbocycles. The van der Waals surface area contributed by atoms with E-state index in [9.17, 15) is 26.4 Å². The Morgan fingerprint density at radius 2 is 0.453 bits per heavy atom. The van der Waals surface area contributed by atoms with Crippen LogP contribution < -0.4 is 9.47 Å². The SMILES string of the molecule is Cc1ccc(C(=O)c2ccc(Oc3ccc(C(=O)c4ccc(C)cc4)cc3)cc2)cc1.Cc1ccc(S(=O)(=O)c2ccc(Oc3ccc(S(=O)(=O)c4ccc(C)cc4)cc3)cc2)cc1. The molecule has 8 aromatic rings. The van der Waals surface area contributed by atoms with Crippen LogP contribution in [0.4, 0.5) is 0 Å². The topological polar surface area (TPSA) is 121 Å². The predicted molar refractivity (Wildman–Crippen MR) is 248 cm³/mol. The van der Waals surface area contributed by atoms with Gasteiger partial charge >= 0.3 is 0 Å². The Kier molecular flexibility index (Phi) is 13.5. The maximum atomic E-state index is 12.8. The third-order valence-electron chi connectivity index (χ3n) is 10.3. The minimum absolute atomic E-state index is 0.0227. The summed E-state index contributed by atoms with van der Waals surface area (Å²) in [6.45, 7) is 7.77. The van der Waals surface area contributed by atoms with E-state index < -0.39 is 19.7 Å². The molecule has 8 aromatic carbocycles. The number of benzene rings is 8. The van der Waals surface area contributed by atoms with Crippen LogP contribution in [0.3, 0.4) is 0 Å². The molecule has 0 aromatic heterocycles. The lowest BCUT2D eigenvalue weighted by Gasteiger charge is -2.09. The summed E-state index contributed by atoms with van der Waals surface area (Å²) >= 11 is 0. The molecule has 0 spiro atoms. The first-order valence-electron chi connectivity index (χ1n) is 20.3. The quantitative estimate of drug-likeness (QED) is 0.111. The Hall–Kier alpha value is -7.40. The van der Waals surface area contributed by atoms with Crippen LogP contribution >= 0.6 is 0 Å². The maximum Gasteiger partial charge on any atom is 0.206 e. The highest BCUT2D eigenvalue weighted by Gasteiger charge is 2.19. The van der Waals surface area contributed by atoms with E-state index in [0.717, 1.165) is 22.3 Å². The highest BCUT2D eigenvalue weighted by atomic mass is 32.2. The molecule has 0 atom stereocenters. The normalized spacial score (nSPS) is 11.2. The second kappa shape index (κ2) is 19.3. The number of carbonyl (C=O) groups excluding carboxylic acids is 2. The van der Waals surface area contributed by atoms with E-state index >= 15 is 0 Å². The molecule has 0 saturated heterocycles. The van der Waals surface area contributed by atoms with Gasteiger partial charge in [0.15, 0.2) is 11.6 Å². The number of ether oxygens (including phenoxy) is 2. The number of rotatable bonds is 12. The molecule has 0 aliphatic heterocycles. The number of ketones is 2. The molecule has 8 nitrogen and oxygen atoms in total. The Labute approximate surface area is 374 Å². The average molecular weight is 885 g/mol. The summed E-state index contributed by atoms with van der Waals surface area (Å²) in [5, 5.41) is 0. The van der Waals surface area contributed by atoms with Crippen LogP contribution in [0.2, 0.25) is 0 Å². The molecule has 0 amide bonds. The van der Waals surface area contributed by atoms with Gasteiger partial charge in [-0.25, -0.2) is 16.8 Å². The fraction of sp³-hybridized carbons (Fsp3) is 0.0741. The Balaban J connectivity index is 0.000000192. The minimum Gasteiger partial charge on any atom is -0.457 e. The molecule has 0 radical (unpaired) electrons. The van der Waals surface area contributed by atoms with E-state index in [1.165, 1.54) is 24.3 Å². The van der Waals surface area contributed by atoms with Gasteiger partial charge in [-0.2, -0.15) is 0 Å². The van der Waals surface area contributed by atoms with Gasteiger partial charge in [0.1, 0.15) is 23.0 Å². The fourth-order valence-corrected chi connectivity index (χ4v) is 8.97. The number of sulfone groups is 2. The number of hydrogen-bond donors (Lipinski definition) is 0. The van der Waals surface area contributed by atoms with Crippen LogP contribution in [-0.4, -0.2) is 28.4 Å². The molecule has 0 N–H and O–H groups in total. The summed E-state index contributed by atoms with van der Waals surface area (Å²) in [6.07, 6.45) is 0. The zero-order valence-corrected chi connectivity index (χ0v) is 37.2. The van der Waals surface area contributed by atoms with E-state index in [1.807, 2.05) is 76.2 Å². The van der Waals surface area contributed by atoms with Gasteiger partial charge in [0.25, 0.3) is 0 Å². The van der Waals surface area contributed by atoms with E-state index in [-0.39, 0.29) is 31.1 Å². The highest BCUT2D eigenvalue weighted by molar-refractivity contribution is 7.91. The summed E-state index contributed by atoms with van der Waals surface area (Å²) in [5.41, 5.74) is 6.73. The Bertz CT molecular complexity index is 2890. The van der Waals surface area contributed by atoms with Gasteiger partial charge in [-0.3, -0.25) is 9.59 Å². The first-order chi connectivity index (χ1) is 30.6. The molecule has 0 unspecified atom stereocenters. The molecule has 0 bridgehead atoms. The molecule has 0 fully saturated rings. The van der Waals surface area contributed by atoms with Crippen molar-refractivity contribution in [2.75, 3.05) is 0 Å². The number of carbonyl (C=O) groups is 2. The van der Waals surface area contributed by atoms with Crippen molar-refractivity contribution >= 4 is 31.2 Å². The third-order valence-corrected chi connectivity index (χ3v) is 13.8. The Morgan fingerprint density at radius 1 is 0.281 bits per heavy atom. The van der Waals surface area contributed by atoms with Crippen molar-refractivity contribution in [2.24, 2.45) is 0 Å². The molecule has 0 aliphatic rings. The number of hydrogen-bond acceptors (Lipinski definition) is 8. The lowest BCUT2D eigenvalue weighted by molar-refractivity contribution is 0.103. The van der Waals surface area contributed by atoms with Crippen molar-refractivity contribution < 1.29 is 35.9 Å². The van der Waals surface area contributed by atoms with E-state index in [0.29, 0.717) is 45.3 Å². The number of aryl methyl sites for hydroxylation is 4. The molecule has 320 valence electrons. The van der Waals surface area contributed by atoms with E-state index in [1.54, 1.807) is 121 Å². The van der Waals surface area contributed by atoms with Gasteiger partial charge < -0.3 is 9.47 Å². The largest absolute Gasteiger partial charge is 0.457 e. The smallest absolute Gasteiger partial charge is 0.206 e. The minimum atomic E-state index is -3.62. The molecule has 8 rings (SSSR count).